The third-order valence-electron chi connectivity index (χ3n) is 31.0. The molecule has 568 valence electrons. The SMILES string of the molecule is CC(C)C1CC2C(c3ccc(C(C)(C)C)cc3)CCCC2C1[Si](C)(C)C1C(C)CC2C1CC1CCCC1C2c1ccc(C(C)(C)C)cc1.CC(C)C1CC2C(c3ccc(C(C)(C)C)cc3)CCCC2C1[Si](C)(C)C1C(C)CC2C1CC1CCCC1C2c1ccccc1.[CH3-].[CH3-].[CH3-].[CH3-].[Cl][Zr+2][Cl].[Cl][Zr+2][Cl]. The van der Waals surface area contributed by atoms with E-state index in [2.05, 4.69) is 233 Å². The molecule has 10 aliphatic carbocycles. The topological polar surface area (TPSA) is 0 Å². The molecule has 14 rings (SSSR count). The zero-order valence-corrected chi connectivity index (χ0v) is 79.0. The van der Waals surface area contributed by atoms with Gasteiger partial charge in [-0.2, -0.15) is 0 Å². The van der Waals surface area contributed by atoms with Gasteiger partial charge in [-0.25, -0.2) is 0 Å². The molecule has 0 heterocycles. The van der Waals surface area contributed by atoms with Gasteiger partial charge >= 0.3 is 75.7 Å². The number of rotatable bonds is 10. The minimum atomic E-state index is -1.62. The standard InChI is InChI=1S/C47H72Si.C43H64Si.4CH3.4ClH.2Zr/c1-29(2)39-28-40-36(31-18-22-34(23-19-31)46(4,5)6)15-13-17-38(40)45(39)48(10,11)44-30(3)26-41-42(44)27-33-14-12-16-37(33)43(41)32-20-24-35(25-21-32)47(7,8)9;1-27(2)36-26-37-33(29-20-22-32(23-21-29)43(4,5)6)17-13-19-35(37)42(36)44(7,8)41-28(3)24-38-39(41)25-31-16-12-18-34(31)40(38)30-14-10-9-11-15-30;;;;;;;;;;/h18-25,29-30,33,36-45H,12-17,26-28H2,1-11H3;9-11,14-15,20-23,27-28,31,33-42H,12-13,16-19,24-26H2,1-8H3;4*1H3;4*1H;;/q;;4*-1;;;;;2*+4/p-4. The molecule has 0 spiro atoms. The van der Waals surface area contributed by atoms with E-state index in [9.17, 15) is 0 Å². The van der Waals surface area contributed by atoms with Crippen molar-refractivity contribution in [3.8, 4) is 0 Å². The Labute approximate surface area is 671 Å². The van der Waals surface area contributed by atoms with Gasteiger partial charge in [-0.15, -0.1) is 0 Å². The Morgan fingerprint density at radius 3 is 0.941 bits per heavy atom. The van der Waals surface area contributed by atoms with E-state index in [1.165, 1.54) is 119 Å². The van der Waals surface area contributed by atoms with Crippen LogP contribution in [0.15, 0.2) is 103 Å². The number of fused-ring (bicyclic) bond motifs is 6. The van der Waals surface area contributed by atoms with E-state index in [0.717, 1.165) is 152 Å². The van der Waals surface area contributed by atoms with Crippen molar-refractivity contribution < 1.29 is 41.7 Å². The summed E-state index contributed by atoms with van der Waals surface area (Å²) in [4.78, 5) is 0. The second-order valence-electron chi connectivity index (χ2n) is 40.2. The Morgan fingerprint density at radius 2 is 0.627 bits per heavy atom. The van der Waals surface area contributed by atoms with Crippen LogP contribution in [-0.2, 0) is 57.9 Å². The van der Waals surface area contributed by atoms with Gasteiger partial charge in [-0.05, 0) is 272 Å². The summed E-state index contributed by atoms with van der Waals surface area (Å²) in [6, 6.07) is 42.2. The van der Waals surface area contributed by atoms with Crippen molar-refractivity contribution in [2.45, 2.75) is 308 Å². The maximum atomic E-state index is 4.93. The summed E-state index contributed by atoms with van der Waals surface area (Å²) >= 11 is -1.65. The predicted molar refractivity (Wildman–Crippen MR) is 452 cm³/mol. The molecule has 4 aromatic carbocycles. The normalized spacial score (nSPS) is 35.9. The third-order valence-corrected chi connectivity index (χ3v) is 41.6. The quantitative estimate of drug-likeness (QED) is 0.110. The van der Waals surface area contributed by atoms with Gasteiger partial charge in [0.25, 0.3) is 0 Å². The van der Waals surface area contributed by atoms with Gasteiger partial charge in [0.05, 0.1) is 16.1 Å². The van der Waals surface area contributed by atoms with Gasteiger partial charge in [-0.1, -0.05) is 285 Å². The number of benzene rings is 4. The van der Waals surface area contributed by atoms with Crippen LogP contribution >= 0.6 is 34.1 Å². The van der Waals surface area contributed by atoms with Crippen LogP contribution in [-0.4, -0.2) is 16.1 Å². The first kappa shape index (κ1) is 89.4. The number of hydrogen-bond donors (Lipinski definition) is 0. The van der Waals surface area contributed by atoms with Crippen LogP contribution in [0.3, 0.4) is 0 Å². The molecule has 24 unspecified atom stereocenters. The van der Waals surface area contributed by atoms with Crippen molar-refractivity contribution in [3.63, 3.8) is 0 Å². The maximum absolute atomic E-state index is 4.93. The summed E-state index contributed by atoms with van der Waals surface area (Å²) in [6.07, 6.45) is 26.8. The van der Waals surface area contributed by atoms with E-state index >= 15 is 0 Å². The summed E-state index contributed by atoms with van der Waals surface area (Å²) in [7, 11) is 16.5. The molecule has 24 atom stereocenters. The molecule has 8 heteroatoms. The summed E-state index contributed by atoms with van der Waals surface area (Å²) in [6.45, 7) is 48.9. The monoisotopic (exact) mass is 1650 g/mol. The fraction of sp³-hybridized carbons (Fsp3) is 0.702. The van der Waals surface area contributed by atoms with Crippen LogP contribution in [0.5, 0.6) is 0 Å². The molecule has 0 amide bonds. The molecule has 0 radical (unpaired) electrons. The molecule has 0 nitrogen and oxygen atoms in total. The molecular formula is C94H148Cl4Si2Zr2. The zero-order valence-electron chi connectivity index (χ0n) is 69.1. The first-order chi connectivity index (χ1) is 46.4. The van der Waals surface area contributed by atoms with E-state index in [1.54, 1.807) is 35.1 Å². The van der Waals surface area contributed by atoms with Crippen molar-refractivity contribution in [3.05, 3.63) is 172 Å². The molecule has 0 N–H and O–H groups in total. The summed E-state index contributed by atoms with van der Waals surface area (Å²) < 4.78 is 0. The Hall–Kier alpha value is 0.240. The third kappa shape index (κ3) is 18.3. The van der Waals surface area contributed by atoms with E-state index in [-0.39, 0.29) is 46.0 Å². The zero-order chi connectivity index (χ0) is 70.7. The average molecular weight is 1660 g/mol. The molecule has 10 fully saturated rings. The fourth-order valence-corrected chi connectivity index (χ4v) is 41.2. The van der Waals surface area contributed by atoms with Crippen molar-refractivity contribution in [2.75, 3.05) is 0 Å². The van der Waals surface area contributed by atoms with E-state index in [4.69, 9.17) is 34.1 Å². The number of halogens is 4. The van der Waals surface area contributed by atoms with E-state index in [1.807, 2.05) is 0 Å². The molecule has 102 heavy (non-hydrogen) atoms. The van der Waals surface area contributed by atoms with Crippen LogP contribution in [0.4, 0.5) is 0 Å². The van der Waals surface area contributed by atoms with Crippen molar-refractivity contribution in [1.29, 1.82) is 0 Å². The van der Waals surface area contributed by atoms with Gasteiger partial charge < -0.3 is 29.7 Å². The van der Waals surface area contributed by atoms with E-state index in [0.29, 0.717) is 0 Å². The second kappa shape index (κ2) is 36.8. The average Bonchev–Trinajstić information content (AvgIpc) is 1.56. The van der Waals surface area contributed by atoms with Crippen LogP contribution in [0.25, 0.3) is 0 Å². The first-order valence-corrected chi connectivity index (χ1v) is 59.6. The van der Waals surface area contributed by atoms with Crippen molar-refractivity contribution >= 4 is 50.2 Å². The molecule has 4 aromatic rings. The Kier molecular flexibility index (Phi) is 32.3. The van der Waals surface area contributed by atoms with Gasteiger partial charge in [-0.3, -0.25) is 0 Å². The second-order valence-corrected chi connectivity index (χ2v) is 57.7. The van der Waals surface area contributed by atoms with Crippen molar-refractivity contribution in [2.24, 2.45) is 107 Å². The van der Waals surface area contributed by atoms with Crippen molar-refractivity contribution in [1.82, 2.24) is 0 Å². The first-order valence-electron chi connectivity index (χ1n) is 40.7. The molecule has 10 saturated carbocycles. The predicted octanol–water partition coefficient (Wildman–Crippen LogP) is 30.8. The summed E-state index contributed by atoms with van der Waals surface area (Å²) in [5.41, 5.74) is 15.9. The fourth-order valence-electron chi connectivity index (χ4n) is 27.8. The molecule has 0 aromatic heterocycles. The molecule has 0 bridgehead atoms. The summed E-state index contributed by atoms with van der Waals surface area (Å²) in [5.74, 6) is 19.8. The molecule has 10 aliphatic rings. The Balaban J connectivity index is 0.000000257. The van der Waals surface area contributed by atoms with Gasteiger partial charge in [0.2, 0.25) is 0 Å². The van der Waals surface area contributed by atoms with Gasteiger partial charge in [0, 0.05) is 0 Å². The van der Waals surface area contributed by atoms with Gasteiger partial charge in [0.1, 0.15) is 0 Å². The van der Waals surface area contributed by atoms with Crippen LogP contribution in [0.1, 0.15) is 282 Å². The number of hydrogen-bond acceptors (Lipinski definition) is 0. The minimum absolute atomic E-state index is 0. The van der Waals surface area contributed by atoms with E-state index < -0.39 is 57.8 Å². The van der Waals surface area contributed by atoms with Gasteiger partial charge in [0.15, 0.2) is 0 Å². The van der Waals surface area contributed by atoms with Crippen LogP contribution in [0.2, 0.25) is 48.4 Å². The molecule has 0 aliphatic heterocycles. The Morgan fingerprint density at radius 1 is 0.333 bits per heavy atom. The molecule has 0 saturated heterocycles. The molecular weight excluding hydrogens is 1510 g/mol. The van der Waals surface area contributed by atoms with Crippen LogP contribution < -0.4 is 0 Å². The Bertz CT molecular complexity index is 3160. The summed E-state index contributed by atoms with van der Waals surface area (Å²) in [5, 5.41) is 0. The van der Waals surface area contributed by atoms with Crippen LogP contribution in [0, 0.1) is 136 Å².